The highest BCUT2D eigenvalue weighted by Crippen LogP contribution is 2.23. The van der Waals surface area contributed by atoms with Crippen molar-refractivity contribution in [2.45, 2.75) is 6.54 Å². The quantitative estimate of drug-likeness (QED) is 0.426. The van der Waals surface area contributed by atoms with Gasteiger partial charge < -0.3 is 9.30 Å². The number of thiazole rings is 1. The normalized spacial score (nSPS) is 11.6. The molecule has 0 saturated carbocycles. The van der Waals surface area contributed by atoms with Crippen LogP contribution in [0.3, 0.4) is 0 Å². The molecule has 0 N–H and O–H groups in total. The molecule has 0 spiro atoms. The minimum atomic E-state index is -0.425. The summed E-state index contributed by atoms with van der Waals surface area (Å²) in [5, 5.41) is 0.573. The van der Waals surface area contributed by atoms with Crippen molar-refractivity contribution < 1.29 is 14.3 Å². The lowest BCUT2D eigenvalue weighted by atomic mass is 10.0. The maximum atomic E-state index is 12.8. The fourth-order valence-corrected chi connectivity index (χ4v) is 4.37. The van der Waals surface area contributed by atoms with Gasteiger partial charge in [0.05, 0.1) is 17.3 Å². The Morgan fingerprint density at radius 3 is 2.40 bits per heavy atom. The number of hydrogen-bond acceptors (Lipinski definition) is 4. The van der Waals surface area contributed by atoms with Crippen LogP contribution in [0.2, 0.25) is 5.02 Å². The molecule has 0 saturated heterocycles. The highest BCUT2D eigenvalue weighted by molar-refractivity contribution is 7.16. The van der Waals surface area contributed by atoms with Gasteiger partial charge in [-0.1, -0.05) is 65.4 Å². The molecule has 4 rings (SSSR count). The topological polar surface area (TPSA) is 60.7 Å². The van der Waals surface area contributed by atoms with Crippen LogP contribution in [0.25, 0.3) is 21.3 Å². The van der Waals surface area contributed by atoms with Crippen LogP contribution >= 0.6 is 22.9 Å². The van der Waals surface area contributed by atoms with Crippen molar-refractivity contribution in [2.24, 2.45) is 4.99 Å². The Morgan fingerprint density at radius 1 is 1.00 bits per heavy atom. The van der Waals surface area contributed by atoms with Crippen LogP contribution in [0, 0.1) is 0 Å². The molecule has 1 amide bonds. The van der Waals surface area contributed by atoms with Crippen LogP contribution in [0.15, 0.2) is 77.8 Å². The van der Waals surface area contributed by atoms with Crippen molar-refractivity contribution in [3.05, 3.63) is 88.2 Å². The molecule has 0 bridgehead atoms. The van der Waals surface area contributed by atoms with E-state index in [2.05, 4.69) is 4.99 Å². The van der Waals surface area contributed by atoms with E-state index in [1.165, 1.54) is 18.4 Å². The first-order chi connectivity index (χ1) is 14.5. The molecule has 0 radical (unpaired) electrons. The van der Waals surface area contributed by atoms with Gasteiger partial charge in [0.15, 0.2) is 4.80 Å². The highest BCUT2D eigenvalue weighted by Gasteiger charge is 2.13. The summed E-state index contributed by atoms with van der Waals surface area (Å²) in [5.41, 5.74) is 3.32. The molecule has 1 aromatic heterocycles. The van der Waals surface area contributed by atoms with E-state index in [9.17, 15) is 9.59 Å². The zero-order valence-corrected chi connectivity index (χ0v) is 17.6. The predicted octanol–water partition coefficient (Wildman–Crippen LogP) is 4.94. The summed E-state index contributed by atoms with van der Waals surface area (Å²) in [4.78, 5) is 29.4. The molecule has 150 valence electrons. The first-order valence-electron chi connectivity index (χ1n) is 9.15. The Morgan fingerprint density at radius 2 is 1.70 bits per heavy atom. The summed E-state index contributed by atoms with van der Waals surface area (Å²) in [6.45, 7) is -0.0445. The van der Waals surface area contributed by atoms with Gasteiger partial charge >= 0.3 is 5.97 Å². The lowest BCUT2D eigenvalue weighted by Crippen LogP contribution is -2.22. The summed E-state index contributed by atoms with van der Waals surface area (Å²) >= 11 is 7.39. The number of carbonyl (C=O) groups excluding carboxylic acids is 2. The Kier molecular flexibility index (Phi) is 5.79. The third-order valence-corrected chi connectivity index (χ3v) is 5.87. The molecule has 3 aromatic carbocycles. The minimum absolute atomic E-state index is 0.0445. The summed E-state index contributed by atoms with van der Waals surface area (Å²) in [6, 6.07) is 22.5. The predicted molar refractivity (Wildman–Crippen MR) is 119 cm³/mol. The van der Waals surface area contributed by atoms with Crippen molar-refractivity contribution in [3.8, 4) is 11.1 Å². The monoisotopic (exact) mass is 436 g/mol. The number of nitrogens with zero attached hydrogens (tertiary/aromatic N) is 2. The van der Waals surface area contributed by atoms with E-state index in [0.29, 0.717) is 15.4 Å². The van der Waals surface area contributed by atoms with E-state index in [0.717, 1.165) is 21.3 Å². The van der Waals surface area contributed by atoms with Gasteiger partial charge in [-0.15, -0.1) is 0 Å². The lowest BCUT2D eigenvalue weighted by molar-refractivity contribution is -0.141. The number of benzene rings is 3. The summed E-state index contributed by atoms with van der Waals surface area (Å²) in [7, 11) is 1.32. The molecule has 0 aliphatic heterocycles. The number of ether oxygens (including phenoxy) is 1. The maximum Gasteiger partial charge on any atom is 0.325 e. The maximum absolute atomic E-state index is 12.8. The molecular formula is C23H17ClN2O3S. The van der Waals surface area contributed by atoms with Crippen LogP contribution < -0.4 is 4.80 Å². The van der Waals surface area contributed by atoms with Crippen molar-refractivity contribution >= 4 is 45.0 Å². The van der Waals surface area contributed by atoms with E-state index >= 15 is 0 Å². The van der Waals surface area contributed by atoms with Crippen LogP contribution in [0.1, 0.15) is 10.4 Å². The molecular weight excluding hydrogens is 420 g/mol. The van der Waals surface area contributed by atoms with Gasteiger partial charge in [-0.2, -0.15) is 4.99 Å². The fourth-order valence-electron chi connectivity index (χ4n) is 3.07. The Hall–Kier alpha value is -3.22. The smallest absolute Gasteiger partial charge is 0.325 e. The molecule has 0 atom stereocenters. The fraction of sp³-hybridized carbons (Fsp3) is 0.0870. The molecule has 30 heavy (non-hydrogen) atoms. The first kappa shape index (κ1) is 20.1. The molecule has 7 heteroatoms. The molecule has 5 nitrogen and oxygen atoms in total. The van der Waals surface area contributed by atoms with Gasteiger partial charge in [0, 0.05) is 10.6 Å². The molecule has 0 fully saturated rings. The Bertz CT molecular complexity index is 1290. The van der Waals surface area contributed by atoms with Crippen LogP contribution in [0.4, 0.5) is 0 Å². The number of esters is 1. The molecule has 0 aliphatic rings. The van der Waals surface area contributed by atoms with Gasteiger partial charge in [0.25, 0.3) is 5.91 Å². The number of aromatic nitrogens is 1. The third kappa shape index (κ3) is 4.20. The van der Waals surface area contributed by atoms with Crippen molar-refractivity contribution in [1.29, 1.82) is 0 Å². The van der Waals surface area contributed by atoms with Gasteiger partial charge in [-0.3, -0.25) is 9.59 Å². The number of hydrogen-bond donors (Lipinski definition) is 0. The summed E-state index contributed by atoms with van der Waals surface area (Å²) in [6.07, 6.45) is 0. The molecule has 1 heterocycles. The zero-order chi connectivity index (χ0) is 21.1. The lowest BCUT2D eigenvalue weighted by Gasteiger charge is -2.04. The van der Waals surface area contributed by atoms with E-state index in [1.807, 2.05) is 42.5 Å². The standard InChI is InChI=1S/C23H17ClN2O3S/c1-29-21(27)14-26-19-12-11-18(24)13-20(19)30-23(26)25-22(28)17-9-7-16(8-10-17)15-5-3-2-4-6-15/h2-13H,14H2,1H3. The van der Waals surface area contributed by atoms with Gasteiger partial charge in [-0.25, -0.2) is 0 Å². The average Bonchev–Trinajstić information content (AvgIpc) is 3.10. The number of amides is 1. The van der Waals surface area contributed by atoms with E-state index < -0.39 is 5.97 Å². The van der Waals surface area contributed by atoms with Gasteiger partial charge in [-0.05, 0) is 41.5 Å². The van der Waals surface area contributed by atoms with Crippen LogP contribution in [0.5, 0.6) is 0 Å². The number of halogens is 1. The second kappa shape index (κ2) is 8.65. The van der Waals surface area contributed by atoms with Crippen LogP contribution in [-0.2, 0) is 16.1 Å². The Labute approximate surface area is 181 Å². The third-order valence-electron chi connectivity index (χ3n) is 4.60. The molecule has 0 unspecified atom stereocenters. The number of rotatable bonds is 4. The first-order valence-corrected chi connectivity index (χ1v) is 10.3. The number of carbonyl (C=O) groups is 2. The Balaban J connectivity index is 1.72. The highest BCUT2D eigenvalue weighted by atomic mass is 35.5. The largest absolute Gasteiger partial charge is 0.468 e. The minimum Gasteiger partial charge on any atom is -0.468 e. The van der Waals surface area contributed by atoms with Crippen molar-refractivity contribution in [2.75, 3.05) is 7.11 Å². The summed E-state index contributed by atoms with van der Waals surface area (Å²) < 4.78 is 7.28. The molecule has 0 aliphatic carbocycles. The van der Waals surface area contributed by atoms with Gasteiger partial charge in [0.2, 0.25) is 0 Å². The summed E-state index contributed by atoms with van der Waals surface area (Å²) in [5.74, 6) is -0.809. The van der Waals surface area contributed by atoms with E-state index in [4.69, 9.17) is 16.3 Å². The molecule has 4 aromatic rings. The van der Waals surface area contributed by atoms with E-state index in [-0.39, 0.29) is 12.5 Å². The van der Waals surface area contributed by atoms with Crippen molar-refractivity contribution in [3.63, 3.8) is 0 Å². The van der Waals surface area contributed by atoms with Crippen molar-refractivity contribution in [1.82, 2.24) is 4.57 Å². The number of methoxy groups -OCH3 is 1. The number of fused-ring (bicyclic) bond motifs is 1. The van der Waals surface area contributed by atoms with E-state index in [1.54, 1.807) is 34.9 Å². The zero-order valence-electron chi connectivity index (χ0n) is 16.0. The second-order valence-electron chi connectivity index (χ2n) is 6.52. The SMILES string of the molecule is COC(=O)Cn1c(=NC(=O)c2ccc(-c3ccccc3)cc2)sc2cc(Cl)ccc21. The van der Waals surface area contributed by atoms with Crippen LogP contribution in [-0.4, -0.2) is 23.6 Å². The average molecular weight is 437 g/mol. The second-order valence-corrected chi connectivity index (χ2v) is 7.96. The van der Waals surface area contributed by atoms with Gasteiger partial charge in [0.1, 0.15) is 6.54 Å².